The Labute approximate surface area is 275 Å². The molecule has 6 aromatic rings. The molecule has 0 heteroatoms. The SMILES string of the molecule is Cc1ccc(C(C(=C(c2ccc(C)cc2)c2ccc(C)cc2)c2ccc(C)cc2)=C(c2ccc(C)cc2)c2ccc(C)cc2)cc1. The van der Waals surface area contributed by atoms with Crippen LogP contribution in [0.1, 0.15) is 66.8 Å². The lowest BCUT2D eigenvalue weighted by Gasteiger charge is -2.25. The average molecular weight is 595 g/mol. The summed E-state index contributed by atoms with van der Waals surface area (Å²) in [6.07, 6.45) is 0. The molecule has 0 saturated carbocycles. The maximum absolute atomic E-state index is 2.29. The molecular weight excluding hydrogens is 553 g/mol. The zero-order chi connectivity index (χ0) is 32.2. The number of hydrogen-bond acceptors (Lipinski definition) is 0. The fourth-order valence-electron chi connectivity index (χ4n) is 6.06. The second kappa shape index (κ2) is 13.4. The van der Waals surface area contributed by atoms with Crippen LogP contribution < -0.4 is 0 Å². The first-order valence-electron chi connectivity index (χ1n) is 16.2. The fourth-order valence-corrected chi connectivity index (χ4v) is 6.06. The van der Waals surface area contributed by atoms with Crippen molar-refractivity contribution in [2.45, 2.75) is 41.5 Å². The molecule has 0 amide bonds. The van der Waals surface area contributed by atoms with Gasteiger partial charge < -0.3 is 0 Å². The molecule has 0 aliphatic carbocycles. The third-order valence-electron chi connectivity index (χ3n) is 8.79. The van der Waals surface area contributed by atoms with Gasteiger partial charge in [0, 0.05) is 0 Å². The van der Waals surface area contributed by atoms with Crippen molar-refractivity contribution in [1.29, 1.82) is 0 Å². The largest absolute Gasteiger partial charge is 0.0587 e. The maximum Gasteiger partial charge on any atom is -0.00143 e. The molecule has 0 nitrogen and oxygen atoms in total. The standard InChI is InChI=1S/C46H42/c1-31-7-19-37(20-8-31)43(38-21-9-32(2)10-22-38)45(41-27-15-35(5)16-28-41)46(42-29-17-36(6)18-30-42)44(39-23-11-33(3)12-24-39)40-25-13-34(4)14-26-40/h7-30H,1-6H3. The van der Waals surface area contributed by atoms with Crippen LogP contribution in [0.5, 0.6) is 0 Å². The normalized spacial score (nSPS) is 10.8. The third-order valence-corrected chi connectivity index (χ3v) is 8.79. The van der Waals surface area contributed by atoms with E-state index in [1.807, 2.05) is 0 Å². The molecule has 226 valence electrons. The number of benzene rings is 6. The number of rotatable bonds is 7. The molecule has 0 aliphatic heterocycles. The first kappa shape index (κ1) is 30.8. The average Bonchev–Trinajstić information content (AvgIpc) is 3.06. The van der Waals surface area contributed by atoms with Gasteiger partial charge >= 0.3 is 0 Å². The van der Waals surface area contributed by atoms with Gasteiger partial charge in [-0.15, -0.1) is 0 Å². The monoisotopic (exact) mass is 594 g/mol. The van der Waals surface area contributed by atoms with Crippen molar-refractivity contribution in [2.75, 3.05) is 0 Å². The molecule has 0 aromatic heterocycles. The van der Waals surface area contributed by atoms with E-state index in [0.29, 0.717) is 0 Å². The van der Waals surface area contributed by atoms with Crippen LogP contribution in [0.15, 0.2) is 146 Å². The maximum atomic E-state index is 2.29. The molecule has 0 heterocycles. The van der Waals surface area contributed by atoms with Gasteiger partial charge in [-0.2, -0.15) is 0 Å². The number of hydrogen-bond donors (Lipinski definition) is 0. The van der Waals surface area contributed by atoms with Crippen LogP contribution in [0, 0.1) is 41.5 Å². The van der Waals surface area contributed by atoms with Crippen LogP contribution in [0.25, 0.3) is 22.3 Å². The van der Waals surface area contributed by atoms with E-state index in [4.69, 9.17) is 0 Å². The third kappa shape index (κ3) is 6.72. The van der Waals surface area contributed by atoms with Crippen molar-refractivity contribution >= 4 is 22.3 Å². The highest BCUT2D eigenvalue weighted by atomic mass is 14.3. The molecule has 6 rings (SSSR count). The minimum atomic E-state index is 1.19. The van der Waals surface area contributed by atoms with Crippen molar-refractivity contribution in [1.82, 2.24) is 0 Å². The lowest BCUT2D eigenvalue weighted by atomic mass is 9.78. The Hall–Kier alpha value is -5.20. The van der Waals surface area contributed by atoms with Crippen molar-refractivity contribution in [3.05, 3.63) is 212 Å². The number of aryl methyl sites for hydroxylation is 6. The molecule has 0 unspecified atom stereocenters. The predicted octanol–water partition coefficient (Wildman–Crippen LogP) is 12.2. The minimum absolute atomic E-state index is 1.19. The summed E-state index contributed by atoms with van der Waals surface area (Å²) in [7, 11) is 0. The summed E-state index contributed by atoms with van der Waals surface area (Å²) in [5.41, 5.74) is 19.5. The first-order chi connectivity index (χ1) is 22.3. The van der Waals surface area contributed by atoms with Crippen LogP contribution in [-0.2, 0) is 0 Å². The zero-order valence-corrected chi connectivity index (χ0v) is 27.9. The molecule has 0 bridgehead atoms. The van der Waals surface area contributed by atoms with Crippen molar-refractivity contribution < 1.29 is 0 Å². The van der Waals surface area contributed by atoms with Gasteiger partial charge in [-0.25, -0.2) is 0 Å². The Balaban J connectivity index is 1.87. The smallest absolute Gasteiger partial charge is 0.00143 e. The van der Waals surface area contributed by atoms with E-state index in [1.54, 1.807) is 0 Å². The van der Waals surface area contributed by atoms with Crippen LogP contribution in [0.3, 0.4) is 0 Å². The first-order valence-corrected chi connectivity index (χ1v) is 16.2. The van der Waals surface area contributed by atoms with Gasteiger partial charge in [-0.05, 0) is 97.2 Å². The van der Waals surface area contributed by atoms with Gasteiger partial charge in [-0.3, -0.25) is 0 Å². The Morgan fingerprint density at radius 3 is 0.543 bits per heavy atom. The topological polar surface area (TPSA) is 0 Å². The molecule has 0 saturated heterocycles. The molecule has 46 heavy (non-hydrogen) atoms. The zero-order valence-electron chi connectivity index (χ0n) is 27.9. The Morgan fingerprint density at radius 1 is 0.217 bits per heavy atom. The van der Waals surface area contributed by atoms with Gasteiger partial charge in [0.15, 0.2) is 0 Å². The van der Waals surface area contributed by atoms with E-state index in [0.717, 1.165) is 0 Å². The van der Waals surface area contributed by atoms with Crippen LogP contribution in [0.2, 0.25) is 0 Å². The molecule has 0 aliphatic rings. The Kier molecular flexibility index (Phi) is 8.99. The fraction of sp³-hybridized carbons (Fsp3) is 0.130. The van der Waals surface area contributed by atoms with Gasteiger partial charge in [0.2, 0.25) is 0 Å². The van der Waals surface area contributed by atoms with E-state index in [1.165, 1.54) is 89.1 Å². The quantitative estimate of drug-likeness (QED) is 0.127. The van der Waals surface area contributed by atoms with Crippen LogP contribution >= 0.6 is 0 Å². The van der Waals surface area contributed by atoms with E-state index >= 15 is 0 Å². The molecule has 0 radical (unpaired) electrons. The van der Waals surface area contributed by atoms with Gasteiger partial charge in [0.25, 0.3) is 0 Å². The minimum Gasteiger partial charge on any atom is -0.0587 e. The highest BCUT2D eigenvalue weighted by Crippen LogP contribution is 2.46. The summed E-state index contributed by atoms with van der Waals surface area (Å²) in [5, 5.41) is 0. The number of allylic oxidation sites excluding steroid dienone is 2. The summed E-state index contributed by atoms with van der Waals surface area (Å²) in [5.74, 6) is 0. The van der Waals surface area contributed by atoms with Crippen LogP contribution in [0.4, 0.5) is 0 Å². The van der Waals surface area contributed by atoms with E-state index in [-0.39, 0.29) is 0 Å². The molecule has 6 aromatic carbocycles. The van der Waals surface area contributed by atoms with Crippen LogP contribution in [-0.4, -0.2) is 0 Å². The molecular formula is C46H42. The van der Waals surface area contributed by atoms with Gasteiger partial charge in [0.05, 0.1) is 0 Å². The molecule has 0 fully saturated rings. The van der Waals surface area contributed by atoms with E-state index in [9.17, 15) is 0 Å². The lowest BCUT2D eigenvalue weighted by Crippen LogP contribution is -2.03. The van der Waals surface area contributed by atoms with Gasteiger partial charge in [0.1, 0.15) is 0 Å². The summed E-state index contributed by atoms with van der Waals surface area (Å²) in [4.78, 5) is 0. The lowest BCUT2D eigenvalue weighted by molar-refractivity contribution is 1.41. The van der Waals surface area contributed by atoms with E-state index in [2.05, 4.69) is 187 Å². The molecule has 0 atom stereocenters. The van der Waals surface area contributed by atoms with E-state index < -0.39 is 0 Å². The summed E-state index contributed by atoms with van der Waals surface area (Å²) >= 11 is 0. The Morgan fingerprint density at radius 2 is 0.370 bits per heavy atom. The second-order valence-electron chi connectivity index (χ2n) is 12.7. The second-order valence-corrected chi connectivity index (χ2v) is 12.7. The summed E-state index contributed by atoms with van der Waals surface area (Å²) < 4.78 is 0. The van der Waals surface area contributed by atoms with Crippen molar-refractivity contribution in [3.63, 3.8) is 0 Å². The highest BCUT2D eigenvalue weighted by Gasteiger charge is 2.24. The Bertz CT molecular complexity index is 1750. The van der Waals surface area contributed by atoms with Crippen molar-refractivity contribution in [2.24, 2.45) is 0 Å². The summed E-state index contributed by atoms with van der Waals surface area (Å²) in [6.45, 7) is 13.0. The summed E-state index contributed by atoms with van der Waals surface area (Å²) in [6, 6.07) is 54.2. The highest BCUT2D eigenvalue weighted by molar-refractivity contribution is 6.25. The molecule has 0 N–H and O–H groups in total. The van der Waals surface area contributed by atoms with Gasteiger partial charge in [-0.1, -0.05) is 179 Å². The molecule has 0 spiro atoms. The predicted molar refractivity (Wildman–Crippen MR) is 199 cm³/mol. The van der Waals surface area contributed by atoms with Crippen molar-refractivity contribution in [3.8, 4) is 0 Å².